The van der Waals surface area contributed by atoms with Gasteiger partial charge in [-0.15, -0.1) is 0 Å². The van der Waals surface area contributed by atoms with Crippen LogP contribution < -0.4 is 5.32 Å². The maximum atomic E-state index is 12.8. The summed E-state index contributed by atoms with van der Waals surface area (Å²) < 4.78 is 28.7. The number of nitrogens with zero attached hydrogens (tertiary/aromatic N) is 3. The molecule has 0 spiro atoms. The van der Waals surface area contributed by atoms with Crippen LogP contribution in [0.1, 0.15) is 13.3 Å². The van der Waals surface area contributed by atoms with Crippen molar-refractivity contribution in [2.45, 2.75) is 24.4 Å². The zero-order valence-electron chi connectivity index (χ0n) is 11.3. The molecule has 7 heteroatoms. The Labute approximate surface area is 113 Å². The van der Waals surface area contributed by atoms with Gasteiger partial charge in [0.25, 0.3) is 10.0 Å². The lowest BCUT2D eigenvalue weighted by atomic mass is 9.93. The zero-order chi connectivity index (χ0) is 13.6. The molecule has 0 saturated carbocycles. The van der Waals surface area contributed by atoms with Crippen molar-refractivity contribution in [1.82, 2.24) is 19.4 Å². The lowest BCUT2D eigenvalue weighted by Crippen LogP contribution is -2.40. The summed E-state index contributed by atoms with van der Waals surface area (Å²) in [6.45, 7) is 4.56. The first kappa shape index (κ1) is 13.1. The van der Waals surface area contributed by atoms with Gasteiger partial charge in [-0.1, -0.05) is 6.92 Å². The SMILES string of the molecule is CCC1C2CNCC2CN1S(=O)(=O)c1ccnn1C. The molecule has 1 aromatic heterocycles. The Kier molecular flexibility index (Phi) is 3.15. The molecule has 2 aliphatic heterocycles. The summed E-state index contributed by atoms with van der Waals surface area (Å²) in [4.78, 5) is 0. The van der Waals surface area contributed by atoms with Crippen molar-refractivity contribution in [2.24, 2.45) is 18.9 Å². The average molecular weight is 284 g/mol. The van der Waals surface area contributed by atoms with Crippen LogP contribution in [0, 0.1) is 11.8 Å². The van der Waals surface area contributed by atoms with Crippen LogP contribution in [0.15, 0.2) is 17.3 Å². The van der Waals surface area contributed by atoms with Gasteiger partial charge in [-0.25, -0.2) is 8.42 Å². The van der Waals surface area contributed by atoms with E-state index >= 15 is 0 Å². The molecule has 3 heterocycles. The number of rotatable bonds is 3. The number of aryl methyl sites for hydroxylation is 1. The topological polar surface area (TPSA) is 67.2 Å². The predicted octanol–water partition coefficient (Wildman–Crippen LogP) is 0.0386. The van der Waals surface area contributed by atoms with E-state index in [2.05, 4.69) is 17.3 Å². The van der Waals surface area contributed by atoms with Gasteiger partial charge in [-0.2, -0.15) is 9.40 Å². The minimum atomic E-state index is -3.42. The van der Waals surface area contributed by atoms with E-state index < -0.39 is 10.0 Å². The van der Waals surface area contributed by atoms with Crippen molar-refractivity contribution in [3.63, 3.8) is 0 Å². The summed E-state index contributed by atoms with van der Waals surface area (Å²) in [7, 11) is -1.75. The normalized spacial score (nSPS) is 31.8. The van der Waals surface area contributed by atoms with Gasteiger partial charge in [0.1, 0.15) is 0 Å². The molecule has 19 heavy (non-hydrogen) atoms. The highest BCUT2D eigenvalue weighted by molar-refractivity contribution is 7.89. The van der Waals surface area contributed by atoms with E-state index in [4.69, 9.17) is 0 Å². The lowest BCUT2D eigenvalue weighted by molar-refractivity contribution is 0.326. The molecule has 3 unspecified atom stereocenters. The Hall–Kier alpha value is -0.920. The second-order valence-corrected chi connectivity index (χ2v) is 7.26. The highest BCUT2D eigenvalue weighted by Crippen LogP contribution is 2.37. The van der Waals surface area contributed by atoms with Crippen LogP contribution in [0.3, 0.4) is 0 Å². The quantitative estimate of drug-likeness (QED) is 0.851. The molecule has 3 rings (SSSR count). The molecule has 3 atom stereocenters. The van der Waals surface area contributed by atoms with Crippen molar-refractivity contribution in [1.29, 1.82) is 0 Å². The van der Waals surface area contributed by atoms with Crippen LogP contribution in [0.5, 0.6) is 0 Å². The molecule has 0 aliphatic carbocycles. The van der Waals surface area contributed by atoms with E-state index in [0.29, 0.717) is 23.4 Å². The highest BCUT2D eigenvalue weighted by atomic mass is 32.2. The fourth-order valence-corrected chi connectivity index (χ4v) is 5.41. The van der Waals surface area contributed by atoms with Crippen LogP contribution in [0.2, 0.25) is 0 Å². The summed E-state index contributed by atoms with van der Waals surface area (Å²) in [5, 5.41) is 7.63. The second kappa shape index (κ2) is 4.57. The van der Waals surface area contributed by atoms with Gasteiger partial charge in [0, 0.05) is 19.6 Å². The fraction of sp³-hybridized carbons (Fsp3) is 0.750. The molecule has 6 nitrogen and oxygen atoms in total. The molecular weight excluding hydrogens is 264 g/mol. The van der Waals surface area contributed by atoms with E-state index in [-0.39, 0.29) is 6.04 Å². The van der Waals surface area contributed by atoms with Crippen LogP contribution in [-0.4, -0.2) is 48.2 Å². The summed E-state index contributed by atoms with van der Waals surface area (Å²) in [5.74, 6) is 0.904. The third-order valence-electron chi connectivity index (χ3n) is 4.44. The summed E-state index contributed by atoms with van der Waals surface area (Å²) in [5.41, 5.74) is 0. The fourth-order valence-electron chi connectivity index (χ4n) is 3.50. The number of fused-ring (bicyclic) bond motifs is 1. The molecule has 0 amide bonds. The minimum Gasteiger partial charge on any atom is -0.316 e. The van der Waals surface area contributed by atoms with Gasteiger partial charge < -0.3 is 5.32 Å². The molecule has 0 bridgehead atoms. The first-order valence-electron chi connectivity index (χ1n) is 6.76. The Morgan fingerprint density at radius 1 is 1.47 bits per heavy atom. The van der Waals surface area contributed by atoms with Crippen molar-refractivity contribution in [3.05, 3.63) is 12.3 Å². The van der Waals surface area contributed by atoms with Gasteiger partial charge in [-0.05, 0) is 37.4 Å². The Balaban J connectivity index is 1.96. The summed E-state index contributed by atoms with van der Waals surface area (Å²) >= 11 is 0. The molecule has 2 fully saturated rings. The predicted molar refractivity (Wildman–Crippen MR) is 71.0 cm³/mol. The monoisotopic (exact) mass is 284 g/mol. The summed E-state index contributed by atoms with van der Waals surface area (Å²) in [6, 6.07) is 1.69. The van der Waals surface area contributed by atoms with Crippen molar-refractivity contribution < 1.29 is 8.42 Å². The van der Waals surface area contributed by atoms with E-state index in [1.54, 1.807) is 17.4 Å². The first-order valence-corrected chi connectivity index (χ1v) is 8.20. The summed E-state index contributed by atoms with van der Waals surface area (Å²) in [6.07, 6.45) is 2.40. The van der Waals surface area contributed by atoms with E-state index in [1.807, 2.05) is 0 Å². The van der Waals surface area contributed by atoms with Crippen molar-refractivity contribution in [3.8, 4) is 0 Å². The Morgan fingerprint density at radius 3 is 2.89 bits per heavy atom. The largest absolute Gasteiger partial charge is 0.316 e. The van der Waals surface area contributed by atoms with Crippen LogP contribution in [-0.2, 0) is 17.1 Å². The van der Waals surface area contributed by atoms with Crippen molar-refractivity contribution >= 4 is 10.0 Å². The number of hydrogen-bond donors (Lipinski definition) is 1. The Morgan fingerprint density at radius 2 is 2.26 bits per heavy atom. The van der Waals surface area contributed by atoms with Crippen LogP contribution >= 0.6 is 0 Å². The van der Waals surface area contributed by atoms with E-state index in [1.165, 1.54) is 10.9 Å². The first-order chi connectivity index (χ1) is 9.05. The minimum absolute atomic E-state index is 0.111. The van der Waals surface area contributed by atoms with Gasteiger partial charge in [-0.3, -0.25) is 4.68 Å². The second-order valence-electron chi connectivity index (χ2n) is 5.43. The number of aromatic nitrogens is 2. The lowest BCUT2D eigenvalue weighted by Gasteiger charge is -2.26. The van der Waals surface area contributed by atoms with Crippen LogP contribution in [0.25, 0.3) is 0 Å². The highest BCUT2D eigenvalue weighted by Gasteiger charge is 2.48. The molecule has 0 aromatic carbocycles. The van der Waals surface area contributed by atoms with Crippen molar-refractivity contribution in [2.75, 3.05) is 19.6 Å². The molecule has 2 aliphatic rings. The molecule has 106 valence electrons. The average Bonchev–Trinajstić information content (AvgIpc) is 3.01. The maximum Gasteiger partial charge on any atom is 0.260 e. The zero-order valence-corrected chi connectivity index (χ0v) is 12.1. The molecule has 2 saturated heterocycles. The third kappa shape index (κ3) is 1.91. The standard InChI is InChI=1S/C12H20N4O2S/c1-3-11-10-7-13-6-9(10)8-16(11)19(17,18)12-4-5-14-15(12)2/h4-5,9-11,13H,3,6-8H2,1-2H3. The Bertz CT molecular complexity index is 568. The van der Waals surface area contributed by atoms with Gasteiger partial charge in [0.05, 0.1) is 6.20 Å². The van der Waals surface area contributed by atoms with E-state index in [9.17, 15) is 8.42 Å². The maximum absolute atomic E-state index is 12.8. The number of sulfonamides is 1. The number of hydrogen-bond acceptors (Lipinski definition) is 4. The molecule has 1 N–H and O–H groups in total. The molecule has 0 radical (unpaired) electrons. The third-order valence-corrected chi connectivity index (χ3v) is 6.40. The van der Waals surface area contributed by atoms with Crippen LogP contribution in [0.4, 0.5) is 0 Å². The van der Waals surface area contributed by atoms with Gasteiger partial charge >= 0.3 is 0 Å². The number of nitrogens with one attached hydrogen (secondary N) is 1. The van der Waals surface area contributed by atoms with Gasteiger partial charge in [0.2, 0.25) is 0 Å². The van der Waals surface area contributed by atoms with Gasteiger partial charge in [0.15, 0.2) is 5.03 Å². The van der Waals surface area contributed by atoms with E-state index in [0.717, 1.165) is 19.5 Å². The molecular formula is C12H20N4O2S. The molecule has 1 aromatic rings. The smallest absolute Gasteiger partial charge is 0.260 e.